The number of likely N-dealkylation sites (tertiary alicyclic amines) is 1. The minimum atomic E-state index is -1.42. The van der Waals surface area contributed by atoms with Crippen molar-refractivity contribution in [2.24, 2.45) is 0 Å². The van der Waals surface area contributed by atoms with Gasteiger partial charge >= 0.3 is 0 Å². The van der Waals surface area contributed by atoms with Gasteiger partial charge in [0.15, 0.2) is 0 Å². The standard InChI is InChI=1S/C16H21FN2O/c1-11-5-12(2)14-7-13(18-15(14)6-11)8-19-4-3-16(17,9-19)10-20/h5-7,18,20H,3-4,8-10H2,1-2H3. The van der Waals surface area contributed by atoms with Crippen molar-refractivity contribution in [2.75, 3.05) is 19.7 Å². The number of nitrogens with zero attached hydrogens (tertiary/aromatic N) is 1. The highest BCUT2D eigenvalue weighted by atomic mass is 19.1. The molecule has 1 aliphatic rings. The van der Waals surface area contributed by atoms with Crippen molar-refractivity contribution < 1.29 is 9.50 Å². The summed E-state index contributed by atoms with van der Waals surface area (Å²) < 4.78 is 14.0. The number of benzene rings is 1. The maximum absolute atomic E-state index is 14.0. The highest BCUT2D eigenvalue weighted by molar-refractivity contribution is 5.84. The van der Waals surface area contributed by atoms with Crippen molar-refractivity contribution in [3.8, 4) is 0 Å². The highest BCUT2D eigenvalue weighted by Crippen LogP contribution is 2.27. The van der Waals surface area contributed by atoms with Crippen molar-refractivity contribution in [1.29, 1.82) is 0 Å². The van der Waals surface area contributed by atoms with Gasteiger partial charge in [0, 0.05) is 36.2 Å². The third-order valence-electron chi connectivity index (χ3n) is 4.21. The molecule has 1 unspecified atom stereocenters. The third-order valence-corrected chi connectivity index (χ3v) is 4.21. The molecule has 1 aliphatic heterocycles. The molecule has 3 rings (SSSR count). The van der Waals surface area contributed by atoms with Crippen molar-refractivity contribution in [3.05, 3.63) is 35.0 Å². The number of halogens is 1. The van der Waals surface area contributed by atoms with Gasteiger partial charge in [-0.2, -0.15) is 0 Å². The molecule has 1 aromatic carbocycles. The minimum Gasteiger partial charge on any atom is -0.393 e. The lowest BCUT2D eigenvalue weighted by Crippen LogP contribution is -2.32. The van der Waals surface area contributed by atoms with Crippen LogP contribution in [0.4, 0.5) is 4.39 Å². The van der Waals surface area contributed by atoms with E-state index in [9.17, 15) is 4.39 Å². The Morgan fingerprint density at radius 2 is 2.15 bits per heavy atom. The van der Waals surface area contributed by atoms with Gasteiger partial charge in [0.1, 0.15) is 5.67 Å². The Morgan fingerprint density at radius 3 is 2.85 bits per heavy atom. The predicted octanol–water partition coefficient (Wildman–Crippen LogP) is 2.69. The summed E-state index contributed by atoms with van der Waals surface area (Å²) >= 11 is 0. The molecular formula is C16H21FN2O. The second-order valence-electron chi connectivity index (χ2n) is 6.11. The summed E-state index contributed by atoms with van der Waals surface area (Å²) in [6.45, 7) is 5.54. The minimum absolute atomic E-state index is 0.316. The highest BCUT2D eigenvalue weighted by Gasteiger charge is 2.37. The van der Waals surface area contributed by atoms with E-state index >= 15 is 0 Å². The van der Waals surface area contributed by atoms with E-state index in [0.29, 0.717) is 26.1 Å². The van der Waals surface area contributed by atoms with E-state index in [1.807, 2.05) is 0 Å². The van der Waals surface area contributed by atoms with Crippen LogP contribution in [0.2, 0.25) is 0 Å². The Labute approximate surface area is 118 Å². The molecule has 0 aliphatic carbocycles. The van der Waals surface area contributed by atoms with Crippen LogP contribution in [0.5, 0.6) is 0 Å². The Kier molecular flexibility index (Phi) is 3.30. The molecule has 0 saturated carbocycles. The molecule has 1 saturated heterocycles. The fourth-order valence-electron chi connectivity index (χ4n) is 3.16. The summed E-state index contributed by atoms with van der Waals surface area (Å²) in [6, 6.07) is 6.47. The summed E-state index contributed by atoms with van der Waals surface area (Å²) in [5, 5.41) is 10.3. The third kappa shape index (κ3) is 2.45. The Hall–Kier alpha value is -1.39. The zero-order chi connectivity index (χ0) is 14.3. The SMILES string of the molecule is Cc1cc(C)c2cc(CN3CCC(F)(CO)C3)[nH]c2c1. The average molecular weight is 276 g/mol. The molecule has 20 heavy (non-hydrogen) atoms. The van der Waals surface area contributed by atoms with E-state index in [1.165, 1.54) is 16.5 Å². The van der Waals surface area contributed by atoms with Crippen LogP contribution in [0.1, 0.15) is 23.2 Å². The summed E-state index contributed by atoms with van der Waals surface area (Å²) in [6.07, 6.45) is 0.419. The van der Waals surface area contributed by atoms with Crippen molar-refractivity contribution in [3.63, 3.8) is 0 Å². The van der Waals surface area contributed by atoms with Crippen molar-refractivity contribution in [1.82, 2.24) is 9.88 Å². The number of aliphatic hydroxyl groups is 1. The number of aromatic nitrogens is 1. The predicted molar refractivity (Wildman–Crippen MR) is 78.6 cm³/mol. The van der Waals surface area contributed by atoms with E-state index in [-0.39, 0.29) is 6.61 Å². The van der Waals surface area contributed by atoms with Crippen molar-refractivity contribution >= 4 is 10.9 Å². The molecule has 1 aromatic heterocycles. The van der Waals surface area contributed by atoms with Gasteiger partial charge in [-0.15, -0.1) is 0 Å². The van der Waals surface area contributed by atoms with E-state index in [4.69, 9.17) is 5.11 Å². The van der Waals surface area contributed by atoms with Gasteiger partial charge in [-0.1, -0.05) is 6.07 Å². The first-order chi connectivity index (χ1) is 9.49. The number of rotatable bonds is 3. The second-order valence-corrected chi connectivity index (χ2v) is 6.11. The number of hydrogen-bond donors (Lipinski definition) is 2. The number of nitrogens with one attached hydrogen (secondary N) is 1. The lowest BCUT2D eigenvalue weighted by molar-refractivity contribution is 0.0768. The number of aryl methyl sites for hydroxylation is 2. The number of hydrogen-bond acceptors (Lipinski definition) is 2. The zero-order valence-electron chi connectivity index (χ0n) is 12.0. The summed E-state index contributed by atoms with van der Waals surface area (Å²) in [7, 11) is 0. The molecule has 2 N–H and O–H groups in total. The quantitative estimate of drug-likeness (QED) is 0.904. The molecule has 4 heteroatoms. The fourth-order valence-corrected chi connectivity index (χ4v) is 3.16. The first-order valence-corrected chi connectivity index (χ1v) is 7.10. The lowest BCUT2D eigenvalue weighted by atomic mass is 10.1. The van der Waals surface area contributed by atoms with Gasteiger partial charge in [-0.05, 0) is 43.5 Å². The van der Waals surface area contributed by atoms with Gasteiger partial charge in [-0.3, -0.25) is 4.90 Å². The maximum atomic E-state index is 14.0. The smallest absolute Gasteiger partial charge is 0.147 e. The molecular weight excluding hydrogens is 255 g/mol. The average Bonchev–Trinajstić information content (AvgIpc) is 2.94. The Morgan fingerprint density at radius 1 is 1.35 bits per heavy atom. The number of aromatic amines is 1. The summed E-state index contributed by atoms with van der Waals surface area (Å²) in [4.78, 5) is 5.48. The molecule has 2 aromatic rings. The molecule has 0 amide bonds. The number of H-pyrrole nitrogens is 1. The van der Waals surface area contributed by atoms with E-state index in [2.05, 4.69) is 41.9 Å². The largest absolute Gasteiger partial charge is 0.393 e. The first-order valence-electron chi connectivity index (χ1n) is 7.10. The van der Waals surface area contributed by atoms with Crippen LogP contribution in [-0.4, -0.2) is 40.4 Å². The van der Waals surface area contributed by atoms with Crippen LogP contribution in [0.15, 0.2) is 18.2 Å². The van der Waals surface area contributed by atoms with Gasteiger partial charge in [-0.25, -0.2) is 4.39 Å². The van der Waals surface area contributed by atoms with E-state index < -0.39 is 5.67 Å². The van der Waals surface area contributed by atoms with Crippen molar-refractivity contribution in [2.45, 2.75) is 32.5 Å². The molecule has 1 atom stereocenters. The van der Waals surface area contributed by atoms with Gasteiger partial charge < -0.3 is 10.1 Å². The molecule has 3 nitrogen and oxygen atoms in total. The van der Waals surface area contributed by atoms with E-state index in [0.717, 1.165) is 11.2 Å². The van der Waals surface area contributed by atoms with Crippen LogP contribution < -0.4 is 0 Å². The van der Waals surface area contributed by atoms with Gasteiger partial charge in [0.05, 0.1) is 6.61 Å². The zero-order valence-corrected chi connectivity index (χ0v) is 12.0. The monoisotopic (exact) mass is 276 g/mol. The lowest BCUT2D eigenvalue weighted by Gasteiger charge is -2.18. The molecule has 2 heterocycles. The number of fused-ring (bicyclic) bond motifs is 1. The maximum Gasteiger partial charge on any atom is 0.147 e. The van der Waals surface area contributed by atoms with Crippen LogP contribution in [0, 0.1) is 13.8 Å². The van der Waals surface area contributed by atoms with Crippen LogP contribution in [-0.2, 0) is 6.54 Å². The fraction of sp³-hybridized carbons (Fsp3) is 0.500. The molecule has 0 bridgehead atoms. The van der Waals surface area contributed by atoms with Crippen LogP contribution >= 0.6 is 0 Å². The normalized spacial score (nSPS) is 23.8. The molecule has 0 spiro atoms. The van der Waals surface area contributed by atoms with Crippen LogP contribution in [0.3, 0.4) is 0 Å². The number of aliphatic hydroxyl groups excluding tert-OH is 1. The molecule has 1 fully saturated rings. The topological polar surface area (TPSA) is 39.3 Å². The van der Waals surface area contributed by atoms with Gasteiger partial charge in [0.2, 0.25) is 0 Å². The Bertz CT molecular complexity index is 637. The first kappa shape index (κ1) is 13.6. The van der Waals surface area contributed by atoms with Gasteiger partial charge in [0.25, 0.3) is 0 Å². The summed E-state index contributed by atoms with van der Waals surface area (Å²) in [5.74, 6) is 0. The van der Waals surface area contributed by atoms with Crippen LogP contribution in [0.25, 0.3) is 10.9 Å². The second kappa shape index (κ2) is 4.86. The van der Waals surface area contributed by atoms with E-state index in [1.54, 1.807) is 0 Å². The number of alkyl halides is 1. The Balaban J connectivity index is 1.80. The molecule has 0 radical (unpaired) electrons. The molecule has 108 valence electrons. The summed E-state index contributed by atoms with van der Waals surface area (Å²) in [5.41, 5.74) is 3.34.